The number of carbonyl (C=O) groups is 1. The van der Waals surface area contributed by atoms with Gasteiger partial charge >= 0.3 is 5.97 Å². The maximum atomic E-state index is 11.6. The minimum Gasteiger partial charge on any atom is -0.486 e. The molecule has 0 unspecified atom stereocenters. The Labute approximate surface area is 131 Å². The number of likely N-dealkylation sites (tertiary alicyclic amines) is 1. The lowest BCUT2D eigenvalue weighted by Gasteiger charge is -2.29. The van der Waals surface area contributed by atoms with Crippen molar-refractivity contribution in [2.75, 3.05) is 20.1 Å². The van der Waals surface area contributed by atoms with Crippen LogP contribution >= 0.6 is 0 Å². The smallest absolute Gasteiger partial charge is 0.358 e. The highest BCUT2D eigenvalue weighted by molar-refractivity contribution is 5.88. The van der Waals surface area contributed by atoms with E-state index in [0.29, 0.717) is 18.2 Å². The highest BCUT2D eigenvalue weighted by Crippen LogP contribution is 2.28. The third-order valence-electron chi connectivity index (χ3n) is 4.87. The Morgan fingerprint density at radius 1 is 1.32 bits per heavy atom. The fraction of sp³-hybridized carbons (Fsp3) is 0.750. The molecule has 0 amide bonds. The normalized spacial score (nSPS) is 21.3. The minimum atomic E-state index is -0.946. The maximum absolute atomic E-state index is 11.6. The number of carboxylic acid groups (broad SMARTS) is 1. The summed E-state index contributed by atoms with van der Waals surface area (Å²) in [4.78, 5) is 13.9. The molecule has 0 spiro atoms. The van der Waals surface area contributed by atoms with Crippen LogP contribution in [-0.2, 0) is 6.54 Å². The van der Waals surface area contributed by atoms with Crippen molar-refractivity contribution >= 4 is 5.97 Å². The van der Waals surface area contributed by atoms with Crippen molar-refractivity contribution in [3.63, 3.8) is 0 Å². The number of piperidine rings is 1. The first-order valence-corrected chi connectivity index (χ1v) is 8.28. The van der Waals surface area contributed by atoms with Gasteiger partial charge in [0.15, 0.2) is 11.4 Å². The average molecular weight is 307 g/mol. The van der Waals surface area contributed by atoms with Crippen LogP contribution in [0.1, 0.15) is 49.0 Å². The van der Waals surface area contributed by atoms with Gasteiger partial charge in [-0.05, 0) is 64.6 Å². The van der Waals surface area contributed by atoms with E-state index >= 15 is 0 Å². The number of ether oxygens (including phenoxy) is 1. The van der Waals surface area contributed by atoms with Gasteiger partial charge in [-0.1, -0.05) is 0 Å². The Bertz CT molecular complexity index is 515. The van der Waals surface area contributed by atoms with Crippen LogP contribution in [0.25, 0.3) is 0 Å². The van der Waals surface area contributed by atoms with Crippen molar-refractivity contribution in [1.82, 2.24) is 14.7 Å². The summed E-state index contributed by atoms with van der Waals surface area (Å²) in [7, 11) is 2.13. The third-order valence-corrected chi connectivity index (χ3v) is 4.87. The van der Waals surface area contributed by atoms with Crippen LogP contribution < -0.4 is 4.74 Å². The van der Waals surface area contributed by atoms with E-state index in [-0.39, 0.29) is 11.8 Å². The zero-order chi connectivity index (χ0) is 15.5. The second-order valence-electron chi connectivity index (χ2n) is 6.62. The number of hydrogen-bond acceptors (Lipinski definition) is 4. The van der Waals surface area contributed by atoms with E-state index in [1.165, 1.54) is 0 Å². The van der Waals surface area contributed by atoms with Gasteiger partial charge in [-0.25, -0.2) is 4.79 Å². The fourth-order valence-corrected chi connectivity index (χ4v) is 3.48. The zero-order valence-electron chi connectivity index (χ0n) is 13.2. The molecule has 1 saturated carbocycles. The van der Waals surface area contributed by atoms with Gasteiger partial charge < -0.3 is 14.7 Å². The van der Waals surface area contributed by atoms with E-state index in [4.69, 9.17) is 4.74 Å². The standard InChI is InChI=1S/C16H25N3O3/c1-18-8-6-12(7-9-18)11-19-15(16(20)21)14(10-17-19)22-13-4-2-3-5-13/h10,12-13H,2-9,11H2,1H3,(H,20,21). The van der Waals surface area contributed by atoms with Gasteiger partial charge in [0, 0.05) is 6.54 Å². The van der Waals surface area contributed by atoms with E-state index < -0.39 is 5.97 Å². The van der Waals surface area contributed by atoms with Gasteiger partial charge in [0.25, 0.3) is 0 Å². The molecule has 22 heavy (non-hydrogen) atoms. The molecule has 1 N–H and O–H groups in total. The van der Waals surface area contributed by atoms with Gasteiger partial charge in [0.1, 0.15) is 0 Å². The van der Waals surface area contributed by atoms with Gasteiger partial charge in [-0.15, -0.1) is 0 Å². The lowest BCUT2D eigenvalue weighted by molar-refractivity contribution is 0.0672. The number of hydrogen-bond donors (Lipinski definition) is 1. The summed E-state index contributed by atoms with van der Waals surface area (Å²) in [5.41, 5.74) is 0.214. The van der Waals surface area contributed by atoms with Crippen molar-refractivity contribution in [3.8, 4) is 5.75 Å². The lowest BCUT2D eigenvalue weighted by Crippen LogP contribution is -2.32. The third kappa shape index (κ3) is 3.43. The van der Waals surface area contributed by atoms with Crippen LogP contribution in [0, 0.1) is 5.92 Å². The molecule has 2 heterocycles. The summed E-state index contributed by atoms with van der Waals surface area (Å²) in [5.74, 6) is -0.0146. The molecule has 0 bridgehead atoms. The zero-order valence-corrected chi connectivity index (χ0v) is 13.2. The minimum absolute atomic E-state index is 0.152. The maximum Gasteiger partial charge on any atom is 0.358 e. The molecule has 1 saturated heterocycles. The summed E-state index contributed by atoms with van der Waals surface area (Å²) in [6, 6.07) is 0. The first-order valence-electron chi connectivity index (χ1n) is 8.28. The Kier molecular flexibility index (Phi) is 4.66. The predicted octanol–water partition coefficient (Wildman–Crippen LogP) is 2.24. The highest BCUT2D eigenvalue weighted by atomic mass is 16.5. The topological polar surface area (TPSA) is 67.6 Å². The summed E-state index contributed by atoms with van der Waals surface area (Å²) in [5, 5.41) is 13.8. The second kappa shape index (κ2) is 6.69. The molecule has 2 fully saturated rings. The van der Waals surface area contributed by atoms with E-state index in [0.717, 1.165) is 51.6 Å². The van der Waals surface area contributed by atoms with E-state index in [2.05, 4.69) is 17.0 Å². The van der Waals surface area contributed by atoms with E-state index in [1.54, 1.807) is 10.9 Å². The first kappa shape index (κ1) is 15.3. The number of carboxylic acids is 1. The molecule has 2 aliphatic rings. The van der Waals surface area contributed by atoms with Crippen LogP contribution in [0.3, 0.4) is 0 Å². The van der Waals surface area contributed by atoms with Crippen LogP contribution in [0.4, 0.5) is 0 Å². The molecule has 0 atom stereocenters. The number of aromatic carboxylic acids is 1. The Hall–Kier alpha value is -1.56. The molecule has 0 radical (unpaired) electrons. The van der Waals surface area contributed by atoms with Gasteiger partial charge in [-0.2, -0.15) is 5.10 Å². The van der Waals surface area contributed by atoms with Crippen LogP contribution in [0.2, 0.25) is 0 Å². The first-order chi connectivity index (χ1) is 10.6. The lowest BCUT2D eigenvalue weighted by atomic mass is 9.97. The summed E-state index contributed by atoms with van der Waals surface area (Å²) in [6.07, 6.45) is 8.27. The van der Waals surface area contributed by atoms with Crippen molar-refractivity contribution in [2.45, 2.75) is 51.2 Å². The number of rotatable bonds is 5. The molecule has 0 aromatic carbocycles. The molecule has 1 aromatic heterocycles. The Balaban J connectivity index is 1.70. The van der Waals surface area contributed by atoms with Crippen molar-refractivity contribution < 1.29 is 14.6 Å². The monoisotopic (exact) mass is 307 g/mol. The van der Waals surface area contributed by atoms with Crippen LogP contribution in [0.15, 0.2) is 6.20 Å². The van der Waals surface area contributed by atoms with E-state index in [1.807, 2.05) is 0 Å². The fourth-order valence-electron chi connectivity index (χ4n) is 3.48. The summed E-state index contributed by atoms with van der Waals surface area (Å²) < 4.78 is 7.51. The Morgan fingerprint density at radius 2 is 2.00 bits per heavy atom. The Morgan fingerprint density at radius 3 is 2.64 bits per heavy atom. The second-order valence-corrected chi connectivity index (χ2v) is 6.62. The predicted molar refractivity (Wildman–Crippen MR) is 82.3 cm³/mol. The molecule has 6 heteroatoms. The quantitative estimate of drug-likeness (QED) is 0.903. The SMILES string of the molecule is CN1CCC(Cn2ncc(OC3CCCC3)c2C(=O)O)CC1. The summed E-state index contributed by atoms with van der Waals surface area (Å²) in [6.45, 7) is 2.81. The van der Waals surface area contributed by atoms with Crippen molar-refractivity contribution in [3.05, 3.63) is 11.9 Å². The van der Waals surface area contributed by atoms with Gasteiger partial charge in [0.05, 0.1) is 12.3 Å². The molecule has 122 valence electrons. The largest absolute Gasteiger partial charge is 0.486 e. The molecule has 6 nitrogen and oxygen atoms in total. The number of aromatic nitrogens is 2. The molecule has 3 rings (SSSR count). The van der Waals surface area contributed by atoms with Crippen LogP contribution in [0.5, 0.6) is 5.75 Å². The van der Waals surface area contributed by atoms with Gasteiger partial charge in [-0.3, -0.25) is 4.68 Å². The van der Waals surface area contributed by atoms with Crippen molar-refractivity contribution in [2.24, 2.45) is 5.92 Å². The molecular weight excluding hydrogens is 282 g/mol. The van der Waals surface area contributed by atoms with Crippen LogP contribution in [-0.4, -0.2) is 52.0 Å². The average Bonchev–Trinajstić information content (AvgIpc) is 3.12. The highest BCUT2D eigenvalue weighted by Gasteiger charge is 2.26. The molecule has 1 aliphatic carbocycles. The van der Waals surface area contributed by atoms with Gasteiger partial charge in [0.2, 0.25) is 0 Å². The number of nitrogens with zero attached hydrogens (tertiary/aromatic N) is 3. The molecular formula is C16H25N3O3. The van der Waals surface area contributed by atoms with Crippen molar-refractivity contribution in [1.29, 1.82) is 0 Å². The molecule has 1 aliphatic heterocycles. The molecule has 1 aromatic rings. The van der Waals surface area contributed by atoms with E-state index in [9.17, 15) is 9.90 Å². The summed E-state index contributed by atoms with van der Waals surface area (Å²) >= 11 is 0.